The van der Waals surface area contributed by atoms with Gasteiger partial charge < -0.3 is 4.74 Å². The Morgan fingerprint density at radius 2 is 2.00 bits per heavy atom. The van der Waals surface area contributed by atoms with Crippen molar-refractivity contribution in [1.29, 1.82) is 0 Å². The Morgan fingerprint density at radius 3 is 2.44 bits per heavy atom. The first-order valence-electron chi connectivity index (χ1n) is 4.80. The summed E-state index contributed by atoms with van der Waals surface area (Å²) in [6, 6.07) is 0. The fourth-order valence-electron chi connectivity index (χ4n) is 1.42. The molecule has 1 rings (SSSR count). The van der Waals surface area contributed by atoms with E-state index in [4.69, 9.17) is 0 Å². The van der Waals surface area contributed by atoms with Crippen LogP contribution in [0.5, 0.6) is 0 Å². The van der Waals surface area contributed by atoms with E-state index in [1.165, 1.54) is 24.8 Å². The molecular weight excluding hydrogens is 208 g/mol. The van der Waals surface area contributed by atoms with Crippen molar-refractivity contribution in [2.24, 2.45) is 0 Å². The molecule has 16 heavy (non-hydrogen) atoms. The van der Waals surface area contributed by atoms with Crippen LogP contribution in [0.25, 0.3) is 6.08 Å². The molecule has 0 bridgehead atoms. The highest BCUT2D eigenvalue weighted by molar-refractivity contribution is 5.87. The van der Waals surface area contributed by atoms with E-state index in [1.54, 1.807) is 19.9 Å². The van der Waals surface area contributed by atoms with Gasteiger partial charge in [-0.1, -0.05) is 0 Å². The van der Waals surface area contributed by atoms with Crippen LogP contribution in [0, 0.1) is 13.8 Å². The first-order chi connectivity index (χ1) is 7.47. The van der Waals surface area contributed by atoms with Gasteiger partial charge in [-0.05, 0) is 19.9 Å². The maximum Gasteiger partial charge on any atom is 0.330 e. The molecule has 0 radical (unpaired) electrons. The number of aromatic nitrogens is 2. The van der Waals surface area contributed by atoms with Crippen molar-refractivity contribution in [3.8, 4) is 0 Å². The molecule has 0 spiro atoms. The molecule has 5 heteroatoms. The van der Waals surface area contributed by atoms with Crippen LogP contribution in [0.2, 0.25) is 0 Å². The average Bonchev–Trinajstić information content (AvgIpc) is 2.51. The molecule has 5 nitrogen and oxygen atoms in total. The van der Waals surface area contributed by atoms with Gasteiger partial charge in [0.1, 0.15) is 0 Å². The highest BCUT2D eigenvalue weighted by atomic mass is 16.5. The Bertz CT molecular complexity index is 458. The van der Waals surface area contributed by atoms with Crippen LogP contribution in [0.3, 0.4) is 0 Å². The van der Waals surface area contributed by atoms with Crippen molar-refractivity contribution in [2.45, 2.75) is 20.8 Å². The zero-order valence-electron chi connectivity index (χ0n) is 9.77. The van der Waals surface area contributed by atoms with Crippen LogP contribution in [-0.4, -0.2) is 28.8 Å². The first kappa shape index (κ1) is 12.2. The Labute approximate surface area is 93.7 Å². The summed E-state index contributed by atoms with van der Waals surface area (Å²) in [7, 11) is 1.31. The fourth-order valence-corrected chi connectivity index (χ4v) is 1.42. The van der Waals surface area contributed by atoms with Crippen LogP contribution in [0.1, 0.15) is 28.7 Å². The number of carbonyl (C=O) groups excluding carboxylic acids is 2. The second-order valence-corrected chi connectivity index (χ2v) is 3.37. The predicted molar refractivity (Wildman–Crippen MR) is 59.1 cm³/mol. The van der Waals surface area contributed by atoms with E-state index >= 15 is 0 Å². The molecule has 0 amide bonds. The van der Waals surface area contributed by atoms with E-state index < -0.39 is 5.97 Å². The fraction of sp³-hybridized carbons (Fsp3) is 0.364. The monoisotopic (exact) mass is 222 g/mol. The lowest BCUT2D eigenvalue weighted by Crippen LogP contribution is -2.09. The largest absolute Gasteiger partial charge is 0.466 e. The number of esters is 1. The van der Waals surface area contributed by atoms with Gasteiger partial charge in [0.2, 0.25) is 5.91 Å². The molecule has 86 valence electrons. The van der Waals surface area contributed by atoms with Crippen LogP contribution in [-0.2, 0) is 9.53 Å². The van der Waals surface area contributed by atoms with Gasteiger partial charge in [-0.15, -0.1) is 0 Å². The number of rotatable bonds is 2. The summed E-state index contributed by atoms with van der Waals surface area (Å²) in [5.41, 5.74) is 2.18. The third-order valence-corrected chi connectivity index (χ3v) is 2.23. The van der Waals surface area contributed by atoms with Crippen LogP contribution < -0.4 is 0 Å². The number of nitrogens with zero attached hydrogens (tertiary/aromatic N) is 2. The predicted octanol–water partition coefficient (Wildman–Crippen LogP) is 1.35. The second kappa shape index (κ2) is 4.74. The molecule has 0 aliphatic rings. The van der Waals surface area contributed by atoms with Gasteiger partial charge in [0, 0.05) is 18.6 Å². The van der Waals surface area contributed by atoms with E-state index in [9.17, 15) is 9.59 Å². The third kappa shape index (κ3) is 2.36. The summed E-state index contributed by atoms with van der Waals surface area (Å²) in [6.07, 6.45) is 2.91. The third-order valence-electron chi connectivity index (χ3n) is 2.23. The number of hydrogen-bond donors (Lipinski definition) is 0. The van der Waals surface area contributed by atoms with Gasteiger partial charge in [0.05, 0.1) is 18.5 Å². The quantitative estimate of drug-likeness (QED) is 0.559. The van der Waals surface area contributed by atoms with Gasteiger partial charge in [-0.3, -0.25) is 4.79 Å². The van der Waals surface area contributed by atoms with Crippen LogP contribution in [0.15, 0.2) is 6.08 Å². The molecule has 0 saturated heterocycles. The van der Waals surface area contributed by atoms with Gasteiger partial charge in [0.25, 0.3) is 0 Å². The first-order valence-corrected chi connectivity index (χ1v) is 4.80. The summed E-state index contributed by atoms with van der Waals surface area (Å²) in [5, 5.41) is 4.08. The van der Waals surface area contributed by atoms with Crippen LogP contribution >= 0.6 is 0 Å². The Balaban J connectivity index is 3.10. The summed E-state index contributed by atoms with van der Waals surface area (Å²) < 4.78 is 5.80. The molecule has 0 unspecified atom stereocenters. The lowest BCUT2D eigenvalue weighted by molar-refractivity contribution is -0.134. The zero-order valence-corrected chi connectivity index (χ0v) is 9.77. The Morgan fingerprint density at radius 1 is 1.38 bits per heavy atom. The molecule has 0 aliphatic heterocycles. The number of aryl methyl sites for hydroxylation is 1. The standard InChI is InChI=1S/C11H14N2O3/c1-7-10(5-6-11(15)16-4)8(2)13(12-7)9(3)14/h5-6H,1-4H3/b6-5+. The van der Waals surface area contributed by atoms with E-state index in [0.717, 1.165) is 5.56 Å². The van der Waals surface area contributed by atoms with Crippen molar-refractivity contribution >= 4 is 18.0 Å². The van der Waals surface area contributed by atoms with Gasteiger partial charge in [-0.25, -0.2) is 9.48 Å². The number of ether oxygens (including phenoxy) is 1. The van der Waals surface area contributed by atoms with E-state index in [0.29, 0.717) is 11.4 Å². The smallest absolute Gasteiger partial charge is 0.330 e. The number of methoxy groups -OCH3 is 1. The molecule has 1 heterocycles. The van der Waals surface area contributed by atoms with E-state index in [-0.39, 0.29) is 5.91 Å². The molecule has 1 aromatic heterocycles. The second-order valence-electron chi connectivity index (χ2n) is 3.37. The minimum absolute atomic E-state index is 0.154. The molecule has 0 atom stereocenters. The molecule has 1 aromatic rings. The SMILES string of the molecule is COC(=O)/C=C/c1c(C)nn(C(C)=O)c1C. The van der Waals surface area contributed by atoms with Gasteiger partial charge in [-0.2, -0.15) is 5.10 Å². The topological polar surface area (TPSA) is 61.2 Å². The molecule has 0 aliphatic carbocycles. The normalized spacial score (nSPS) is 10.8. The summed E-state index contributed by atoms with van der Waals surface area (Å²) >= 11 is 0. The molecule has 0 saturated carbocycles. The molecule has 0 N–H and O–H groups in total. The minimum Gasteiger partial charge on any atom is -0.466 e. The van der Waals surface area contributed by atoms with Gasteiger partial charge in [0.15, 0.2) is 0 Å². The lowest BCUT2D eigenvalue weighted by atomic mass is 10.2. The molecule has 0 fully saturated rings. The van der Waals surface area contributed by atoms with Gasteiger partial charge >= 0.3 is 5.97 Å². The van der Waals surface area contributed by atoms with Crippen LogP contribution in [0.4, 0.5) is 0 Å². The molecular formula is C11H14N2O3. The summed E-state index contributed by atoms with van der Waals surface area (Å²) in [4.78, 5) is 22.2. The Hall–Kier alpha value is -1.91. The highest BCUT2D eigenvalue weighted by Crippen LogP contribution is 2.14. The maximum atomic E-state index is 11.2. The zero-order chi connectivity index (χ0) is 12.3. The Kier molecular flexibility index (Phi) is 3.60. The average molecular weight is 222 g/mol. The maximum absolute atomic E-state index is 11.2. The molecule has 0 aromatic carbocycles. The van der Waals surface area contributed by atoms with E-state index in [1.807, 2.05) is 0 Å². The summed E-state index contributed by atoms with van der Waals surface area (Å²) in [5.74, 6) is -0.590. The van der Waals surface area contributed by atoms with Crippen molar-refractivity contribution < 1.29 is 14.3 Å². The highest BCUT2D eigenvalue weighted by Gasteiger charge is 2.11. The van der Waals surface area contributed by atoms with Crippen molar-refractivity contribution in [1.82, 2.24) is 9.78 Å². The number of hydrogen-bond acceptors (Lipinski definition) is 4. The van der Waals surface area contributed by atoms with Crippen molar-refractivity contribution in [2.75, 3.05) is 7.11 Å². The lowest BCUT2D eigenvalue weighted by Gasteiger charge is -1.97. The number of carbonyl (C=O) groups is 2. The minimum atomic E-state index is -0.436. The van der Waals surface area contributed by atoms with E-state index in [2.05, 4.69) is 9.84 Å². The van der Waals surface area contributed by atoms with Crippen molar-refractivity contribution in [3.63, 3.8) is 0 Å². The summed E-state index contributed by atoms with van der Waals surface area (Å²) in [6.45, 7) is 5.00. The van der Waals surface area contributed by atoms with Crippen molar-refractivity contribution in [3.05, 3.63) is 23.0 Å².